The Morgan fingerprint density at radius 3 is 2.50 bits per heavy atom. The zero-order chi connectivity index (χ0) is 17.3. The first-order chi connectivity index (χ1) is 11.5. The highest BCUT2D eigenvalue weighted by Crippen LogP contribution is 2.34. The minimum atomic E-state index is -0.495. The fourth-order valence-corrected chi connectivity index (χ4v) is 5.34. The van der Waals surface area contributed by atoms with Crippen LogP contribution in [0.1, 0.15) is 66.6 Å². The van der Waals surface area contributed by atoms with Crippen LogP contribution in [0.25, 0.3) is 0 Å². The molecule has 0 unspecified atom stereocenters. The van der Waals surface area contributed by atoms with Crippen molar-refractivity contribution in [2.75, 3.05) is 5.32 Å². The zero-order valence-corrected chi connectivity index (χ0v) is 15.7. The number of nitrogens with two attached hydrogens (primary N) is 1. The summed E-state index contributed by atoms with van der Waals surface area (Å²) in [6.45, 7) is 3.79. The lowest BCUT2D eigenvalue weighted by Gasteiger charge is -2.07. The van der Waals surface area contributed by atoms with Crippen molar-refractivity contribution in [1.82, 2.24) is 0 Å². The van der Waals surface area contributed by atoms with Crippen LogP contribution < -0.4 is 11.1 Å². The molecule has 1 aliphatic rings. The number of aryl methyl sites for hydroxylation is 3. The number of carbonyl (C=O) groups is 2. The standard InChI is InChI=1S/C18H22N2O2S2/c1-10-11(2)23-18(15(10)16(19)21)20-17(22)14-9-12-7-5-3-4-6-8-13(12)24-14/h9H,3-8H2,1-2H3,(H2,19,21)(H,20,22). The molecule has 6 heteroatoms. The molecule has 128 valence electrons. The van der Waals surface area contributed by atoms with Gasteiger partial charge in [0, 0.05) is 9.75 Å². The molecule has 1 aliphatic carbocycles. The number of rotatable bonds is 3. The minimum absolute atomic E-state index is 0.143. The molecule has 3 rings (SSSR count). The third-order valence-corrected chi connectivity index (χ3v) is 6.94. The molecule has 0 aromatic carbocycles. The van der Waals surface area contributed by atoms with Gasteiger partial charge in [0.15, 0.2) is 0 Å². The van der Waals surface area contributed by atoms with E-state index in [1.54, 1.807) is 11.3 Å². The van der Waals surface area contributed by atoms with Gasteiger partial charge < -0.3 is 11.1 Å². The summed E-state index contributed by atoms with van der Waals surface area (Å²) in [6.07, 6.45) is 7.06. The summed E-state index contributed by atoms with van der Waals surface area (Å²) >= 11 is 2.99. The van der Waals surface area contributed by atoms with E-state index in [0.717, 1.165) is 28.2 Å². The Hall–Kier alpha value is -1.66. The second-order valence-electron chi connectivity index (χ2n) is 6.28. The van der Waals surface area contributed by atoms with Crippen LogP contribution in [-0.2, 0) is 12.8 Å². The lowest BCUT2D eigenvalue weighted by Crippen LogP contribution is -2.16. The predicted octanol–water partition coefficient (Wildman–Crippen LogP) is 4.44. The van der Waals surface area contributed by atoms with Crippen LogP contribution in [-0.4, -0.2) is 11.8 Å². The summed E-state index contributed by atoms with van der Waals surface area (Å²) in [4.78, 5) is 27.4. The third-order valence-electron chi connectivity index (χ3n) is 4.58. The predicted molar refractivity (Wildman–Crippen MR) is 100 cm³/mol. The second kappa shape index (κ2) is 7.07. The van der Waals surface area contributed by atoms with Crippen LogP contribution in [0.2, 0.25) is 0 Å². The molecule has 0 fully saturated rings. The first-order valence-corrected chi connectivity index (χ1v) is 9.93. The highest BCUT2D eigenvalue weighted by molar-refractivity contribution is 7.17. The largest absolute Gasteiger partial charge is 0.365 e. The number of anilines is 1. The van der Waals surface area contributed by atoms with Gasteiger partial charge in [0.2, 0.25) is 0 Å². The van der Waals surface area contributed by atoms with E-state index in [1.165, 1.54) is 47.5 Å². The van der Waals surface area contributed by atoms with Crippen molar-refractivity contribution in [3.63, 3.8) is 0 Å². The van der Waals surface area contributed by atoms with Crippen LogP contribution >= 0.6 is 22.7 Å². The average molecular weight is 363 g/mol. The maximum atomic E-state index is 12.7. The van der Waals surface area contributed by atoms with Crippen LogP contribution in [0.5, 0.6) is 0 Å². The summed E-state index contributed by atoms with van der Waals surface area (Å²) in [5, 5.41) is 3.46. The first-order valence-electron chi connectivity index (χ1n) is 8.30. The molecular formula is C18H22N2O2S2. The molecule has 0 saturated carbocycles. The number of primary amides is 1. The van der Waals surface area contributed by atoms with Gasteiger partial charge in [-0.1, -0.05) is 12.8 Å². The number of hydrogen-bond acceptors (Lipinski definition) is 4. The van der Waals surface area contributed by atoms with E-state index in [2.05, 4.69) is 5.32 Å². The molecule has 3 N–H and O–H groups in total. The molecule has 0 spiro atoms. The molecular weight excluding hydrogens is 340 g/mol. The van der Waals surface area contributed by atoms with E-state index in [4.69, 9.17) is 5.73 Å². The fraction of sp³-hybridized carbons (Fsp3) is 0.444. The van der Waals surface area contributed by atoms with Crippen LogP contribution in [0.15, 0.2) is 6.07 Å². The molecule has 2 aromatic rings. The molecule has 0 radical (unpaired) electrons. The van der Waals surface area contributed by atoms with Gasteiger partial charge in [0.25, 0.3) is 11.8 Å². The highest BCUT2D eigenvalue weighted by Gasteiger charge is 2.21. The van der Waals surface area contributed by atoms with E-state index in [1.807, 2.05) is 19.9 Å². The third kappa shape index (κ3) is 3.39. The normalized spacial score (nSPS) is 14.6. The van der Waals surface area contributed by atoms with E-state index in [0.29, 0.717) is 10.6 Å². The fourth-order valence-electron chi connectivity index (χ4n) is 3.13. The van der Waals surface area contributed by atoms with E-state index < -0.39 is 5.91 Å². The SMILES string of the molecule is Cc1sc(NC(=O)c2cc3c(s2)CCCCCC3)c(C(N)=O)c1C. The monoisotopic (exact) mass is 362 g/mol. The van der Waals surface area contributed by atoms with Crippen molar-refractivity contribution in [2.24, 2.45) is 5.73 Å². The summed E-state index contributed by atoms with van der Waals surface area (Å²) < 4.78 is 0. The lowest BCUT2D eigenvalue weighted by molar-refractivity contribution is 0.100. The summed E-state index contributed by atoms with van der Waals surface area (Å²) in [7, 11) is 0. The van der Waals surface area contributed by atoms with Crippen molar-refractivity contribution < 1.29 is 9.59 Å². The summed E-state index contributed by atoms with van der Waals surface area (Å²) in [5.41, 5.74) is 8.07. The second-order valence-corrected chi connectivity index (χ2v) is 8.64. The van der Waals surface area contributed by atoms with Gasteiger partial charge in [0.05, 0.1) is 10.4 Å². The Balaban J connectivity index is 1.84. The van der Waals surface area contributed by atoms with Gasteiger partial charge in [-0.3, -0.25) is 9.59 Å². The maximum Gasteiger partial charge on any atom is 0.266 e. The molecule has 2 heterocycles. The molecule has 0 atom stereocenters. The van der Waals surface area contributed by atoms with Gasteiger partial charge in [-0.15, -0.1) is 22.7 Å². The molecule has 24 heavy (non-hydrogen) atoms. The number of amides is 2. The van der Waals surface area contributed by atoms with Crippen molar-refractivity contribution in [1.29, 1.82) is 0 Å². The van der Waals surface area contributed by atoms with E-state index in [-0.39, 0.29) is 5.91 Å². The smallest absolute Gasteiger partial charge is 0.266 e. The van der Waals surface area contributed by atoms with Crippen LogP contribution in [0, 0.1) is 13.8 Å². The maximum absolute atomic E-state index is 12.7. The Morgan fingerprint density at radius 2 is 1.79 bits per heavy atom. The van der Waals surface area contributed by atoms with Gasteiger partial charge in [-0.25, -0.2) is 0 Å². The summed E-state index contributed by atoms with van der Waals surface area (Å²) in [6, 6.07) is 2.03. The average Bonchev–Trinajstić information content (AvgIpc) is 3.00. The molecule has 4 nitrogen and oxygen atoms in total. The van der Waals surface area contributed by atoms with Crippen molar-refractivity contribution in [2.45, 2.75) is 52.4 Å². The quantitative estimate of drug-likeness (QED) is 0.847. The van der Waals surface area contributed by atoms with E-state index in [9.17, 15) is 9.59 Å². The molecule has 0 aliphatic heterocycles. The Morgan fingerprint density at radius 1 is 1.08 bits per heavy atom. The number of thiophene rings is 2. The molecule has 0 saturated heterocycles. The number of fused-ring (bicyclic) bond motifs is 1. The van der Waals surface area contributed by atoms with Crippen molar-refractivity contribution >= 4 is 39.5 Å². The summed E-state index contributed by atoms with van der Waals surface area (Å²) in [5.74, 6) is -0.638. The van der Waals surface area contributed by atoms with Crippen LogP contribution in [0.3, 0.4) is 0 Å². The zero-order valence-electron chi connectivity index (χ0n) is 14.0. The van der Waals surface area contributed by atoms with Gasteiger partial charge in [-0.2, -0.15) is 0 Å². The lowest BCUT2D eigenvalue weighted by atomic mass is 10.00. The van der Waals surface area contributed by atoms with Gasteiger partial charge in [0.1, 0.15) is 5.00 Å². The number of hydrogen-bond donors (Lipinski definition) is 2. The van der Waals surface area contributed by atoms with Crippen molar-refractivity contribution in [3.8, 4) is 0 Å². The van der Waals surface area contributed by atoms with Crippen LogP contribution in [0.4, 0.5) is 5.00 Å². The molecule has 2 amide bonds. The van der Waals surface area contributed by atoms with E-state index >= 15 is 0 Å². The number of carbonyl (C=O) groups excluding carboxylic acids is 2. The Kier molecular flexibility index (Phi) is 5.06. The Bertz CT molecular complexity index is 764. The highest BCUT2D eigenvalue weighted by atomic mass is 32.1. The Labute approximate surface area is 150 Å². The van der Waals surface area contributed by atoms with Gasteiger partial charge in [-0.05, 0) is 56.7 Å². The molecule has 2 aromatic heterocycles. The number of nitrogens with one attached hydrogen (secondary N) is 1. The topological polar surface area (TPSA) is 72.2 Å². The van der Waals surface area contributed by atoms with Crippen molar-refractivity contribution in [3.05, 3.63) is 37.4 Å². The molecule has 0 bridgehead atoms. The van der Waals surface area contributed by atoms with Gasteiger partial charge >= 0.3 is 0 Å². The minimum Gasteiger partial charge on any atom is -0.365 e. The first kappa shape index (κ1) is 17.2.